The zero-order chi connectivity index (χ0) is 21.8. The van der Waals surface area contributed by atoms with Crippen LogP contribution in [0.3, 0.4) is 0 Å². The number of amides is 1. The zero-order valence-corrected chi connectivity index (χ0v) is 17.0. The minimum Gasteiger partial charge on any atom is -0.471 e. The van der Waals surface area contributed by atoms with Gasteiger partial charge in [0.15, 0.2) is 6.73 Å². The van der Waals surface area contributed by atoms with E-state index in [4.69, 9.17) is 4.74 Å². The quantitative estimate of drug-likeness (QED) is 0.380. The molecule has 0 bridgehead atoms. The number of ether oxygens (including phenoxy) is 1. The SMILES string of the molecule is Cc1c([N+](=O)[O-])c([N+](=O)[O-])nn1CC(=O)Nc1cnn(COc2ccc(Br)cc2)c1. The lowest BCUT2D eigenvalue weighted by molar-refractivity contribution is -0.424. The number of rotatable bonds is 8. The van der Waals surface area contributed by atoms with Gasteiger partial charge in [-0.1, -0.05) is 15.9 Å². The predicted octanol–water partition coefficient (Wildman–Crippen LogP) is 2.64. The van der Waals surface area contributed by atoms with E-state index in [9.17, 15) is 25.0 Å². The number of carbonyl (C=O) groups excluding carboxylic acids is 1. The van der Waals surface area contributed by atoms with E-state index in [0.717, 1.165) is 9.15 Å². The van der Waals surface area contributed by atoms with Crippen molar-refractivity contribution in [2.45, 2.75) is 20.2 Å². The molecule has 1 aromatic carbocycles. The van der Waals surface area contributed by atoms with Crippen molar-refractivity contribution >= 4 is 39.0 Å². The van der Waals surface area contributed by atoms with Crippen LogP contribution in [0, 0.1) is 27.2 Å². The molecule has 0 saturated heterocycles. The Bertz CT molecular complexity index is 1110. The lowest BCUT2D eigenvalue weighted by Crippen LogP contribution is -2.20. The monoisotopic (exact) mass is 479 g/mol. The van der Waals surface area contributed by atoms with Gasteiger partial charge in [0.1, 0.15) is 18.0 Å². The molecule has 0 atom stereocenters. The van der Waals surface area contributed by atoms with Crippen molar-refractivity contribution in [3.8, 4) is 5.75 Å². The second kappa shape index (κ2) is 8.69. The number of nitrogens with one attached hydrogen (secondary N) is 1. The van der Waals surface area contributed by atoms with Gasteiger partial charge in [-0.3, -0.25) is 14.9 Å². The van der Waals surface area contributed by atoms with Crippen LogP contribution in [0.4, 0.5) is 17.2 Å². The van der Waals surface area contributed by atoms with Crippen molar-refractivity contribution in [3.05, 3.63) is 67.1 Å². The molecule has 3 aromatic rings. The number of carbonyl (C=O) groups is 1. The normalized spacial score (nSPS) is 10.6. The van der Waals surface area contributed by atoms with Crippen LogP contribution in [0.5, 0.6) is 5.75 Å². The van der Waals surface area contributed by atoms with Crippen LogP contribution in [0.15, 0.2) is 41.1 Å². The van der Waals surface area contributed by atoms with E-state index >= 15 is 0 Å². The van der Waals surface area contributed by atoms with Crippen molar-refractivity contribution in [1.82, 2.24) is 19.6 Å². The Morgan fingerprint density at radius 1 is 1.23 bits per heavy atom. The van der Waals surface area contributed by atoms with Crippen LogP contribution in [0.2, 0.25) is 0 Å². The van der Waals surface area contributed by atoms with Gasteiger partial charge in [-0.25, -0.2) is 4.68 Å². The third kappa shape index (κ3) is 4.78. The molecule has 13 nitrogen and oxygen atoms in total. The Labute approximate surface area is 176 Å². The second-order valence-electron chi connectivity index (χ2n) is 5.97. The number of anilines is 1. The summed E-state index contributed by atoms with van der Waals surface area (Å²) in [7, 11) is 0. The van der Waals surface area contributed by atoms with Gasteiger partial charge in [0, 0.05) is 4.47 Å². The number of nitrogens with zero attached hydrogens (tertiary/aromatic N) is 6. The standard InChI is InChI=1S/C16H14BrN7O6/c1-10-15(23(26)27)16(24(28)29)20-22(10)8-14(25)19-12-6-18-21(7-12)9-30-13-4-2-11(17)3-5-13/h2-7H,8-9H2,1H3,(H,19,25). The summed E-state index contributed by atoms with van der Waals surface area (Å²) in [5, 5.41) is 32.2. The van der Waals surface area contributed by atoms with Crippen molar-refractivity contribution in [1.29, 1.82) is 0 Å². The fourth-order valence-corrected chi connectivity index (χ4v) is 2.78. The number of hydrogen-bond donors (Lipinski definition) is 1. The molecule has 14 heteroatoms. The lowest BCUT2D eigenvalue weighted by Gasteiger charge is -2.06. The number of hydrogen-bond acceptors (Lipinski definition) is 8. The second-order valence-corrected chi connectivity index (χ2v) is 6.89. The number of nitro groups is 2. The average molecular weight is 480 g/mol. The molecule has 0 fully saturated rings. The molecule has 1 N–H and O–H groups in total. The molecule has 0 spiro atoms. The van der Waals surface area contributed by atoms with E-state index < -0.39 is 33.8 Å². The van der Waals surface area contributed by atoms with E-state index in [1.54, 1.807) is 12.1 Å². The highest BCUT2D eigenvalue weighted by Crippen LogP contribution is 2.29. The average Bonchev–Trinajstić information content (AvgIpc) is 3.26. The first kappa shape index (κ1) is 20.9. The molecule has 0 saturated carbocycles. The predicted molar refractivity (Wildman–Crippen MR) is 106 cm³/mol. The van der Waals surface area contributed by atoms with Crippen molar-refractivity contribution in [3.63, 3.8) is 0 Å². The first-order valence-electron chi connectivity index (χ1n) is 8.31. The maximum Gasteiger partial charge on any atom is 0.468 e. The van der Waals surface area contributed by atoms with Gasteiger partial charge in [-0.15, -0.1) is 0 Å². The van der Waals surface area contributed by atoms with E-state index in [0.29, 0.717) is 11.4 Å². The fourth-order valence-electron chi connectivity index (χ4n) is 2.52. The van der Waals surface area contributed by atoms with Crippen molar-refractivity contribution in [2.24, 2.45) is 0 Å². The van der Waals surface area contributed by atoms with Gasteiger partial charge in [0.2, 0.25) is 5.91 Å². The van der Waals surface area contributed by atoms with Crippen molar-refractivity contribution in [2.75, 3.05) is 5.32 Å². The maximum absolute atomic E-state index is 12.2. The van der Waals surface area contributed by atoms with Crippen LogP contribution in [-0.4, -0.2) is 35.3 Å². The van der Waals surface area contributed by atoms with E-state index in [2.05, 4.69) is 31.4 Å². The van der Waals surface area contributed by atoms with Crippen molar-refractivity contribution < 1.29 is 19.4 Å². The van der Waals surface area contributed by atoms with Crippen LogP contribution < -0.4 is 10.1 Å². The van der Waals surface area contributed by atoms with Gasteiger partial charge in [0.05, 0.1) is 28.1 Å². The van der Waals surface area contributed by atoms with Crippen LogP contribution in [0.1, 0.15) is 5.69 Å². The summed E-state index contributed by atoms with van der Waals surface area (Å²) >= 11 is 3.33. The molecule has 2 heterocycles. The first-order valence-corrected chi connectivity index (χ1v) is 9.10. The zero-order valence-electron chi connectivity index (χ0n) is 15.4. The molecule has 0 aliphatic heterocycles. The minimum atomic E-state index is -0.963. The smallest absolute Gasteiger partial charge is 0.468 e. The summed E-state index contributed by atoms with van der Waals surface area (Å²) in [4.78, 5) is 32.4. The molecule has 0 radical (unpaired) electrons. The summed E-state index contributed by atoms with van der Waals surface area (Å²) in [6, 6.07) is 7.22. The fraction of sp³-hybridized carbons (Fsp3) is 0.188. The largest absolute Gasteiger partial charge is 0.471 e. The molecule has 1 amide bonds. The van der Waals surface area contributed by atoms with E-state index in [1.807, 2.05) is 12.1 Å². The summed E-state index contributed by atoms with van der Waals surface area (Å²) in [5.74, 6) is -0.862. The summed E-state index contributed by atoms with van der Waals surface area (Å²) in [5.41, 5.74) is -0.487. The molecular weight excluding hydrogens is 466 g/mol. The molecule has 2 aromatic heterocycles. The Morgan fingerprint density at radius 2 is 1.93 bits per heavy atom. The maximum atomic E-state index is 12.2. The third-order valence-electron chi connectivity index (χ3n) is 3.90. The van der Waals surface area contributed by atoms with Gasteiger partial charge in [-0.05, 0) is 36.1 Å². The summed E-state index contributed by atoms with van der Waals surface area (Å²) in [6.07, 6.45) is 2.92. The Hall–Kier alpha value is -3.81. The Balaban J connectivity index is 1.62. The first-order chi connectivity index (χ1) is 14.2. The van der Waals surface area contributed by atoms with E-state index in [-0.39, 0.29) is 12.4 Å². The van der Waals surface area contributed by atoms with Gasteiger partial charge < -0.3 is 20.2 Å². The highest BCUT2D eigenvalue weighted by molar-refractivity contribution is 9.10. The molecular formula is C16H14BrN7O6. The molecule has 0 aliphatic rings. The highest BCUT2D eigenvalue weighted by Gasteiger charge is 2.35. The van der Waals surface area contributed by atoms with Gasteiger partial charge in [-0.2, -0.15) is 9.78 Å². The molecule has 3 rings (SSSR count). The van der Waals surface area contributed by atoms with Crippen LogP contribution >= 0.6 is 15.9 Å². The molecule has 0 aliphatic carbocycles. The van der Waals surface area contributed by atoms with E-state index in [1.165, 1.54) is 24.0 Å². The summed E-state index contributed by atoms with van der Waals surface area (Å²) in [6.45, 7) is 0.943. The Morgan fingerprint density at radius 3 is 2.53 bits per heavy atom. The molecule has 30 heavy (non-hydrogen) atoms. The number of benzene rings is 1. The molecule has 156 valence electrons. The highest BCUT2D eigenvalue weighted by atomic mass is 79.9. The topological polar surface area (TPSA) is 160 Å². The lowest BCUT2D eigenvalue weighted by atomic mass is 10.3. The van der Waals surface area contributed by atoms with Crippen LogP contribution in [-0.2, 0) is 18.1 Å². The van der Waals surface area contributed by atoms with Gasteiger partial charge >= 0.3 is 11.5 Å². The Kier molecular flexibility index (Phi) is 6.06. The van der Waals surface area contributed by atoms with Gasteiger partial charge in [0.25, 0.3) is 0 Å². The molecule has 0 unspecified atom stereocenters. The van der Waals surface area contributed by atoms with Crippen LogP contribution in [0.25, 0.3) is 0 Å². The third-order valence-corrected chi connectivity index (χ3v) is 4.43. The number of halogens is 1. The minimum absolute atomic E-state index is 0.0968. The summed E-state index contributed by atoms with van der Waals surface area (Å²) < 4.78 is 8.84. The number of aromatic nitrogens is 4.